The Morgan fingerprint density at radius 2 is 1.81 bits per heavy atom. The number of piperidine rings is 1. The molecule has 1 unspecified atom stereocenters. The number of likely N-dealkylation sites (tertiary alicyclic amines) is 1. The van der Waals surface area contributed by atoms with Crippen molar-refractivity contribution in [1.82, 2.24) is 4.90 Å². The Hall–Kier alpha value is -1.30. The fourth-order valence-electron chi connectivity index (χ4n) is 2.90. The highest BCUT2D eigenvalue weighted by molar-refractivity contribution is 5.75. The first kappa shape index (κ1) is 16.1. The van der Waals surface area contributed by atoms with E-state index < -0.39 is 11.7 Å². The number of nitrogens with zero attached hydrogens (tertiary/aromatic N) is 1. The van der Waals surface area contributed by atoms with Gasteiger partial charge >= 0.3 is 12.1 Å². The van der Waals surface area contributed by atoms with Gasteiger partial charge in [0.2, 0.25) is 0 Å². The standard InChI is InChI=1S/C15H25NO5/c1-14(2,3)21-13(18)16-9-7-15(8-10-16)6-5-11(20-15)12(17)19-4/h11H,5-10H2,1-4H3. The molecule has 2 rings (SSSR count). The third-order valence-corrected chi connectivity index (χ3v) is 4.04. The minimum atomic E-state index is -0.480. The molecule has 1 atom stereocenters. The van der Waals surface area contributed by atoms with E-state index >= 15 is 0 Å². The van der Waals surface area contributed by atoms with Crippen molar-refractivity contribution in [3.05, 3.63) is 0 Å². The van der Waals surface area contributed by atoms with Crippen molar-refractivity contribution in [3.8, 4) is 0 Å². The van der Waals surface area contributed by atoms with Crippen LogP contribution in [0, 0.1) is 0 Å². The number of carbonyl (C=O) groups is 2. The zero-order valence-corrected chi connectivity index (χ0v) is 13.3. The maximum Gasteiger partial charge on any atom is 0.410 e. The molecule has 2 fully saturated rings. The minimum absolute atomic E-state index is 0.278. The maximum absolute atomic E-state index is 12.0. The third kappa shape index (κ3) is 3.87. The molecule has 0 aromatic heterocycles. The molecular formula is C15H25NO5. The molecule has 2 aliphatic rings. The monoisotopic (exact) mass is 299 g/mol. The summed E-state index contributed by atoms with van der Waals surface area (Å²) >= 11 is 0. The van der Waals surface area contributed by atoms with Crippen LogP contribution in [0.2, 0.25) is 0 Å². The van der Waals surface area contributed by atoms with E-state index in [1.807, 2.05) is 20.8 Å². The van der Waals surface area contributed by atoms with Crippen LogP contribution >= 0.6 is 0 Å². The normalized spacial score (nSPS) is 25.0. The maximum atomic E-state index is 12.0. The predicted molar refractivity (Wildman–Crippen MR) is 75.9 cm³/mol. The van der Waals surface area contributed by atoms with Crippen LogP contribution in [0.5, 0.6) is 0 Å². The van der Waals surface area contributed by atoms with E-state index in [1.54, 1.807) is 4.90 Å². The van der Waals surface area contributed by atoms with Gasteiger partial charge in [-0.15, -0.1) is 0 Å². The average molecular weight is 299 g/mol. The van der Waals surface area contributed by atoms with Crippen molar-refractivity contribution >= 4 is 12.1 Å². The summed E-state index contributed by atoms with van der Waals surface area (Å²) in [5, 5.41) is 0. The zero-order chi connectivity index (χ0) is 15.7. The summed E-state index contributed by atoms with van der Waals surface area (Å²) in [5.41, 5.74) is -0.760. The molecule has 1 spiro atoms. The topological polar surface area (TPSA) is 65.1 Å². The lowest BCUT2D eigenvalue weighted by Gasteiger charge is -2.39. The van der Waals surface area contributed by atoms with E-state index in [2.05, 4.69) is 0 Å². The molecule has 6 nitrogen and oxygen atoms in total. The minimum Gasteiger partial charge on any atom is -0.467 e. The van der Waals surface area contributed by atoms with Crippen LogP contribution in [-0.4, -0.2) is 54.5 Å². The van der Waals surface area contributed by atoms with Gasteiger partial charge in [-0.3, -0.25) is 0 Å². The summed E-state index contributed by atoms with van der Waals surface area (Å²) in [4.78, 5) is 25.3. The lowest BCUT2D eigenvalue weighted by Crippen LogP contribution is -2.48. The quantitative estimate of drug-likeness (QED) is 0.694. The Kier molecular flexibility index (Phi) is 4.46. The van der Waals surface area contributed by atoms with Crippen LogP contribution in [0.1, 0.15) is 46.5 Å². The molecule has 0 aromatic rings. The number of amides is 1. The van der Waals surface area contributed by atoms with E-state index in [-0.39, 0.29) is 17.7 Å². The summed E-state index contributed by atoms with van der Waals surface area (Å²) in [5.74, 6) is -0.304. The van der Waals surface area contributed by atoms with E-state index in [1.165, 1.54) is 7.11 Å². The van der Waals surface area contributed by atoms with Crippen LogP contribution in [-0.2, 0) is 19.0 Å². The summed E-state index contributed by atoms with van der Waals surface area (Å²) in [6, 6.07) is 0. The number of carbonyl (C=O) groups excluding carboxylic acids is 2. The Morgan fingerprint density at radius 3 is 2.33 bits per heavy atom. The van der Waals surface area contributed by atoms with E-state index in [4.69, 9.17) is 14.2 Å². The Morgan fingerprint density at radius 1 is 1.19 bits per heavy atom. The summed E-state index contributed by atoms with van der Waals surface area (Å²) < 4.78 is 16.0. The Balaban J connectivity index is 1.86. The van der Waals surface area contributed by atoms with E-state index in [0.29, 0.717) is 19.5 Å². The molecule has 0 bridgehead atoms. The molecule has 120 valence electrons. The van der Waals surface area contributed by atoms with Gasteiger partial charge < -0.3 is 19.1 Å². The molecule has 21 heavy (non-hydrogen) atoms. The number of hydrogen-bond acceptors (Lipinski definition) is 5. The van der Waals surface area contributed by atoms with Gasteiger partial charge in [0.1, 0.15) is 5.60 Å². The van der Waals surface area contributed by atoms with Crippen molar-refractivity contribution < 1.29 is 23.8 Å². The molecule has 2 heterocycles. The second-order valence-electron chi connectivity index (χ2n) is 6.82. The summed E-state index contributed by atoms with van der Waals surface area (Å²) in [6.45, 7) is 6.78. The number of esters is 1. The fraction of sp³-hybridized carbons (Fsp3) is 0.867. The van der Waals surface area contributed by atoms with Gasteiger partial charge in [0.05, 0.1) is 12.7 Å². The highest BCUT2D eigenvalue weighted by Gasteiger charge is 2.46. The molecule has 1 amide bonds. The molecule has 6 heteroatoms. The molecule has 0 aromatic carbocycles. The number of ether oxygens (including phenoxy) is 3. The second-order valence-corrected chi connectivity index (χ2v) is 6.82. The molecule has 0 radical (unpaired) electrons. The molecule has 2 saturated heterocycles. The SMILES string of the molecule is COC(=O)C1CCC2(CCN(C(=O)OC(C)(C)C)CC2)O1. The van der Waals surface area contributed by atoms with Gasteiger partial charge in [0.15, 0.2) is 6.10 Å². The number of rotatable bonds is 1. The fourth-order valence-corrected chi connectivity index (χ4v) is 2.90. The van der Waals surface area contributed by atoms with Crippen molar-refractivity contribution in [1.29, 1.82) is 0 Å². The van der Waals surface area contributed by atoms with Crippen molar-refractivity contribution in [2.75, 3.05) is 20.2 Å². The van der Waals surface area contributed by atoms with E-state index in [9.17, 15) is 9.59 Å². The van der Waals surface area contributed by atoms with Crippen molar-refractivity contribution in [2.24, 2.45) is 0 Å². The molecule has 2 aliphatic heterocycles. The molecule has 0 saturated carbocycles. The lowest BCUT2D eigenvalue weighted by molar-refractivity contribution is -0.160. The molecule has 0 N–H and O–H groups in total. The third-order valence-electron chi connectivity index (χ3n) is 4.04. The van der Waals surface area contributed by atoms with Gasteiger partial charge in [-0.25, -0.2) is 9.59 Å². The van der Waals surface area contributed by atoms with Crippen LogP contribution in [0.15, 0.2) is 0 Å². The molecule has 0 aliphatic carbocycles. The first-order valence-corrected chi connectivity index (χ1v) is 7.48. The average Bonchev–Trinajstić information content (AvgIpc) is 2.81. The largest absolute Gasteiger partial charge is 0.467 e. The smallest absolute Gasteiger partial charge is 0.410 e. The van der Waals surface area contributed by atoms with Crippen LogP contribution < -0.4 is 0 Å². The Bertz CT molecular complexity index is 407. The number of hydrogen-bond donors (Lipinski definition) is 0. The molecular weight excluding hydrogens is 274 g/mol. The van der Waals surface area contributed by atoms with Crippen LogP contribution in [0.25, 0.3) is 0 Å². The van der Waals surface area contributed by atoms with Crippen molar-refractivity contribution in [3.63, 3.8) is 0 Å². The van der Waals surface area contributed by atoms with Gasteiger partial charge in [-0.2, -0.15) is 0 Å². The van der Waals surface area contributed by atoms with Gasteiger partial charge in [0, 0.05) is 13.1 Å². The second kappa shape index (κ2) is 5.83. The van der Waals surface area contributed by atoms with Gasteiger partial charge in [-0.1, -0.05) is 0 Å². The highest BCUT2D eigenvalue weighted by Crippen LogP contribution is 2.39. The van der Waals surface area contributed by atoms with Gasteiger partial charge in [-0.05, 0) is 46.5 Å². The zero-order valence-electron chi connectivity index (χ0n) is 13.3. The predicted octanol–water partition coefficient (Wildman–Crippen LogP) is 2.11. The number of methoxy groups -OCH3 is 1. The van der Waals surface area contributed by atoms with Crippen LogP contribution in [0.3, 0.4) is 0 Å². The van der Waals surface area contributed by atoms with E-state index in [0.717, 1.165) is 19.3 Å². The van der Waals surface area contributed by atoms with Crippen LogP contribution in [0.4, 0.5) is 4.79 Å². The summed E-state index contributed by atoms with van der Waals surface area (Å²) in [6.07, 6.45) is 2.27. The first-order valence-electron chi connectivity index (χ1n) is 7.48. The first-order chi connectivity index (χ1) is 9.75. The Labute approximate surface area is 125 Å². The lowest BCUT2D eigenvalue weighted by atomic mass is 9.89. The highest BCUT2D eigenvalue weighted by atomic mass is 16.6. The van der Waals surface area contributed by atoms with Crippen molar-refractivity contribution in [2.45, 2.75) is 63.8 Å². The van der Waals surface area contributed by atoms with Gasteiger partial charge in [0.25, 0.3) is 0 Å². The summed E-state index contributed by atoms with van der Waals surface area (Å²) in [7, 11) is 1.38.